The Kier molecular flexibility index (Phi) is 4.14. The fourth-order valence-electron chi connectivity index (χ4n) is 2.37. The van der Waals surface area contributed by atoms with Crippen molar-refractivity contribution in [1.29, 1.82) is 0 Å². The van der Waals surface area contributed by atoms with Gasteiger partial charge in [-0.25, -0.2) is 4.79 Å². The minimum Gasteiger partial charge on any atom is -0.387 e. The lowest BCUT2D eigenvalue weighted by Crippen LogP contribution is -2.45. The third-order valence-corrected chi connectivity index (χ3v) is 3.64. The first kappa shape index (κ1) is 15.3. The van der Waals surface area contributed by atoms with E-state index in [1.807, 2.05) is 0 Å². The van der Waals surface area contributed by atoms with Crippen molar-refractivity contribution in [3.63, 3.8) is 0 Å². The van der Waals surface area contributed by atoms with Crippen molar-refractivity contribution in [3.8, 4) is 0 Å². The van der Waals surface area contributed by atoms with E-state index < -0.39 is 29.7 Å². The van der Waals surface area contributed by atoms with E-state index in [4.69, 9.17) is 16.0 Å². The Bertz CT molecular complexity index is 627. The molecule has 0 bridgehead atoms. The summed E-state index contributed by atoms with van der Waals surface area (Å²) in [7, 11) is 0. The Labute approximate surface area is 119 Å². The highest BCUT2D eigenvalue weighted by Crippen LogP contribution is 2.39. The zero-order valence-corrected chi connectivity index (χ0v) is 11.3. The molecule has 0 amide bonds. The molecule has 21 heavy (non-hydrogen) atoms. The van der Waals surface area contributed by atoms with E-state index in [-0.39, 0.29) is 18.8 Å². The molecular formula is C11H16N6O4. The van der Waals surface area contributed by atoms with Crippen molar-refractivity contribution in [2.45, 2.75) is 37.4 Å². The van der Waals surface area contributed by atoms with E-state index in [0.29, 0.717) is 0 Å². The van der Waals surface area contributed by atoms with Crippen molar-refractivity contribution in [2.75, 3.05) is 12.3 Å². The van der Waals surface area contributed by atoms with Crippen LogP contribution in [0.2, 0.25) is 0 Å². The Morgan fingerprint density at radius 3 is 2.95 bits per heavy atom. The number of hydrogen-bond acceptors (Lipinski definition) is 7. The lowest BCUT2D eigenvalue weighted by molar-refractivity contribution is -0.101. The van der Waals surface area contributed by atoms with Gasteiger partial charge in [-0.05, 0) is 18.0 Å². The minimum absolute atomic E-state index is 0.0418. The van der Waals surface area contributed by atoms with Crippen molar-refractivity contribution in [3.05, 3.63) is 33.2 Å². The molecular weight excluding hydrogens is 280 g/mol. The Morgan fingerprint density at radius 2 is 2.38 bits per heavy atom. The fraction of sp³-hybridized carbons (Fsp3) is 0.636. The highest BCUT2D eigenvalue weighted by atomic mass is 16.6. The number of nitrogens with zero attached hydrogens (tertiary/aromatic N) is 5. The van der Waals surface area contributed by atoms with Crippen LogP contribution in [0.25, 0.3) is 10.4 Å². The number of aliphatic hydroxyl groups excluding tert-OH is 2. The highest BCUT2D eigenvalue weighted by Gasteiger charge is 2.53. The number of ether oxygens (including phenoxy) is 1. The standard InChI is InChI=1S/C11H16N6O4/c1-2-11(5-14-16-13)8(19)7(18)9(21-11)17-4-3-6(12)15-10(17)20/h3-4,7-9,18-19H,2,5H2,1H3,(H2,12,15,20)/t7-,8-,9+,11-/m0/s1. The second-order valence-electron chi connectivity index (χ2n) is 4.79. The van der Waals surface area contributed by atoms with Crippen LogP contribution in [0, 0.1) is 0 Å². The van der Waals surface area contributed by atoms with Gasteiger partial charge in [-0.15, -0.1) is 0 Å². The average molecular weight is 296 g/mol. The first-order valence-electron chi connectivity index (χ1n) is 6.34. The van der Waals surface area contributed by atoms with Crippen molar-refractivity contribution >= 4 is 5.82 Å². The number of aromatic nitrogens is 2. The number of rotatable bonds is 4. The van der Waals surface area contributed by atoms with Gasteiger partial charge in [-0.2, -0.15) is 4.98 Å². The molecule has 1 aromatic rings. The summed E-state index contributed by atoms with van der Waals surface area (Å²) in [6, 6.07) is 1.38. The van der Waals surface area contributed by atoms with Gasteiger partial charge in [-0.3, -0.25) is 4.57 Å². The largest absolute Gasteiger partial charge is 0.387 e. The summed E-state index contributed by atoms with van der Waals surface area (Å²) in [5, 5.41) is 23.7. The van der Waals surface area contributed by atoms with Gasteiger partial charge in [0.25, 0.3) is 0 Å². The second kappa shape index (κ2) is 5.70. The third-order valence-electron chi connectivity index (χ3n) is 3.64. The van der Waals surface area contributed by atoms with E-state index in [1.54, 1.807) is 6.92 Å². The molecule has 10 nitrogen and oxygen atoms in total. The summed E-state index contributed by atoms with van der Waals surface area (Å²) < 4.78 is 6.69. The van der Waals surface area contributed by atoms with Crippen LogP contribution in [0.5, 0.6) is 0 Å². The van der Waals surface area contributed by atoms with Gasteiger partial charge in [0.2, 0.25) is 0 Å². The van der Waals surface area contributed by atoms with Crippen LogP contribution < -0.4 is 11.4 Å². The molecule has 1 saturated heterocycles. The maximum Gasteiger partial charge on any atom is 0.351 e. The molecule has 0 unspecified atom stereocenters. The highest BCUT2D eigenvalue weighted by molar-refractivity contribution is 5.23. The van der Waals surface area contributed by atoms with E-state index in [9.17, 15) is 15.0 Å². The Hall–Kier alpha value is -2.13. The van der Waals surface area contributed by atoms with Crippen LogP contribution in [-0.2, 0) is 4.74 Å². The van der Waals surface area contributed by atoms with E-state index >= 15 is 0 Å². The second-order valence-corrected chi connectivity index (χ2v) is 4.79. The molecule has 0 radical (unpaired) electrons. The lowest BCUT2D eigenvalue weighted by atomic mass is 9.92. The Morgan fingerprint density at radius 1 is 1.67 bits per heavy atom. The van der Waals surface area contributed by atoms with Crippen molar-refractivity contribution in [2.24, 2.45) is 5.11 Å². The zero-order valence-electron chi connectivity index (χ0n) is 11.3. The first-order chi connectivity index (χ1) is 9.95. The minimum atomic E-state index is -1.36. The molecule has 1 aliphatic heterocycles. The van der Waals surface area contributed by atoms with Gasteiger partial charge in [0.15, 0.2) is 6.23 Å². The average Bonchev–Trinajstić information content (AvgIpc) is 2.71. The van der Waals surface area contributed by atoms with Crippen LogP contribution >= 0.6 is 0 Å². The molecule has 10 heteroatoms. The molecule has 1 fully saturated rings. The molecule has 0 aliphatic carbocycles. The molecule has 1 aromatic heterocycles. The number of azide groups is 1. The van der Waals surface area contributed by atoms with E-state index in [1.165, 1.54) is 12.3 Å². The van der Waals surface area contributed by atoms with Gasteiger partial charge in [0.1, 0.15) is 23.6 Å². The lowest BCUT2D eigenvalue weighted by Gasteiger charge is -2.28. The monoisotopic (exact) mass is 296 g/mol. The first-order valence-corrected chi connectivity index (χ1v) is 6.34. The van der Waals surface area contributed by atoms with Crippen LogP contribution in [0.15, 0.2) is 22.2 Å². The predicted octanol–water partition coefficient (Wildman–Crippen LogP) is -0.465. The van der Waals surface area contributed by atoms with Crippen LogP contribution in [0.3, 0.4) is 0 Å². The summed E-state index contributed by atoms with van der Waals surface area (Å²) in [5.74, 6) is 0.0418. The van der Waals surface area contributed by atoms with Crippen LogP contribution in [0.1, 0.15) is 19.6 Å². The van der Waals surface area contributed by atoms with Gasteiger partial charge in [0, 0.05) is 11.1 Å². The normalized spacial score (nSPS) is 31.9. The number of anilines is 1. The molecule has 4 atom stereocenters. The maximum atomic E-state index is 11.8. The maximum absolute atomic E-state index is 11.8. The molecule has 0 saturated carbocycles. The zero-order chi connectivity index (χ0) is 15.6. The number of aliphatic hydroxyl groups is 2. The summed E-state index contributed by atoms with van der Waals surface area (Å²) in [6.07, 6.45) is -2.18. The van der Waals surface area contributed by atoms with Crippen molar-refractivity contribution < 1.29 is 14.9 Å². The van der Waals surface area contributed by atoms with Crippen LogP contribution in [0.4, 0.5) is 5.82 Å². The summed E-state index contributed by atoms with van der Waals surface area (Å²) in [4.78, 5) is 18.0. The predicted molar refractivity (Wildman–Crippen MR) is 72.1 cm³/mol. The summed E-state index contributed by atoms with van der Waals surface area (Å²) in [5.41, 5.74) is 11.9. The van der Waals surface area contributed by atoms with E-state index in [2.05, 4.69) is 15.0 Å². The Balaban J connectivity index is 2.39. The van der Waals surface area contributed by atoms with Gasteiger partial charge in [-0.1, -0.05) is 12.0 Å². The van der Waals surface area contributed by atoms with Gasteiger partial charge < -0.3 is 20.7 Å². The third kappa shape index (κ3) is 2.57. The molecule has 2 heterocycles. The summed E-state index contributed by atoms with van der Waals surface area (Å²) >= 11 is 0. The molecule has 0 aromatic carbocycles. The number of hydrogen-bond donors (Lipinski definition) is 3. The van der Waals surface area contributed by atoms with Gasteiger partial charge >= 0.3 is 5.69 Å². The quantitative estimate of drug-likeness (QED) is 0.387. The van der Waals surface area contributed by atoms with Crippen molar-refractivity contribution in [1.82, 2.24) is 9.55 Å². The fourth-order valence-corrected chi connectivity index (χ4v) is 2.37. The van der Waals surface area contributed by atoms with Gasteiger partial charge in [0.05, 0.1) is 6.54 Å². The van der Waals surface area contributed by atoms with E-state index in [0.717, 1.165) is 4.57 Å². The smallest absolute Gasteiger partial charge is 0.351 e. The molecule has 2 rings (SSSR count). The molecule has 0 spiro atoms. The topological polar surface area (TPSA) is 159 Å². The molecule has 1 aliphatic rings. The summed E-state index contributed by atoms with van der Waals surface area (Å²) in [6.45, 7) is 1.56. The number of nitrogen functional groups attached to an aromatic ring is 1. The molecule has 114 valence electrons. The van der Waals surface area contributed by atoms with Crippen LogP contribution in [-0.4, -0.2) is 44.1 Å². The SMILES string of the molecule is CC[C@@]1(CN=[N+]=[N-])O[C@@H](n2ccc(N)nc2=O)[C@@H](O)[C@@H]1O. The number of nitrogens with two attached hydrogens (primary N) is 1. The molecule has 4 N–H and O–H groups in total.